The molecule has 0 unspecified atom stereocenters. The Bertz CT molecular complexity index is 1630. The lowest BCUT2D eigenvalue weighted by Gasteiger charge is -2.27. The smallest absolute Gasteiger partial charge is 0.335 e. The third-order valence-electron chi connectivity index (χ3n) is 6.55. The molecule has 0 amide bonds. The maximum Gasteiger partial charge on any atom is 0.335 e. The maximum atomic E-state index is 10.8. The number of carboxylic acids is 2. The van der Waals surface area contributed by atoms with Gasteiger partial charge in [-0.25, -0.2) is 9.59 Å². The lowest BCUT2D eigenvalue weighted by Crippen LogP contribution is -2.32. The van der Waals surface area contributed by atoms with Gasteiger partial charge in [-0.1, -0.05) is 84.9 Å². The number of carboxylic acid groups (broad SMARTS) is 2. The minimum Gasteiger partial charge on any atom is -0.478 e. The molecule has 0 aliphatic rings. The summed E-state index contributed by atoms with van der Waals surface area (Å²) in [6, 6.07) is 46.2. The van der Waals surface area contributed by atoms with Crippen LogP contribution in [0.25, 0.3) is 0 Å². The Morgan fingerprint density at radius 2 is 0.881 bits per heavy atom. The van der Waals surface area contributed by atoms with E-state index in [1.165, 1.54) is 21.5 Å². The van der Waals surface area contributed by atoms with E-state index >= 15 is 0 Å². The molecule has 5 aromatic carbocycles. The second kappa shape index (κ2) is 13.4. The topological polar surface area (TPSA) is 129 Å². The number of carbonyl (C=O) groups is 2. The van der Waals surface area contributed by atoms with E-state index in [0.717, 1.165) is 12.2 Å². The fraction of sp³-hybridized carbons (Fsp3) is 0.0303. The summed E-state index contributed by atoms with van der Waals surface area (Å²) in [6.45, 7) is 0. The van der Waals surface area contributed by atoms with Crippen molar-refractivity contribution in [3.8, 4) is 0 Å². The van der Waals surface area contributed by atoms with Crippen molar-refractivity contribution in [3.05, 3.63) is 156 Å². The van der Waals surface area contributed by atoms with Crippen molar-refractivity contribution in [1.82, 2.24) is 0 Å². The maximum absolute atomic E-state index is 10.8. The van der Waals surface area contributed by atoms with Crippen LogP contribution in [0.1, 0.15) is 26.3 Å². The van der Waals surface area contributed by atoms with Crippen molar-refractivity contribution in [2.45, 2.75) is 11.1 Å². The molecule has 9 heteroatoms. The van der Waals surface area contributed by atoms with E-state index in [0.29, 0.717) is 12.1 Å². The van der Waals surface area contributed by atoms with E-state index in [1.54, 1.807) is 0 Å². The van der Waals surface area contributed by atoms with Crippen LogP contribution in [0, 0.1) is 0 Å². The zero-order valence-corrected chi connectivity index (χ0v) is 24.0. The highest BCUT2D eigenvalue weighted by Crippen LogP contribution is 2.58. The molecule has 0 spiro atoms. The Morgan fingerprint density at radius 3 is 1.19 bits per heavy atom. The highest BCUT2D eigenvalue weighted by atomic mass is 32.2. The number of rotatable bonds is 8. The Morgan fingerprint density at radius 1 is 0.548 bits per heavy atom. The molecule has 0 aromatic heterocycles. The van der Waals surface area contributed by atoms with Gasteiger partial charge in [0.2, 0.25) is 0 Å². The van der Waals surface area contributed by atoms with Gasteiger partial charge in [-0.15, -0.1) is 0 Å². The Hall–Kier alpha value is -4.62. The van der Waals surface area contributed by atoms with Crippen molar-refractivity contribution >= 4 is 45.2 Å². The summed E-state index contributed by atoms with van der Waals surface area (Å²) in [4.78, 5) is 20.4. The molecule has 0 fully saturated rings. The summed E-state index contributed by atoms with van der Waals surface area (Å²) in [6.07, 6.45) is 1.03. The zero-order valence-electron chi connectivity index (χ0n) is 22.3. The molecule has 0 saturated carbocycles. The molecule has 0 atom stereocenters. The fourth-order valence-corrected chi connectivity index (χ4v) is 9.42. The van der Waals surface area contributed by atoms with Crippen molar-refractivity contribution < 1.29 is 32.8 Å². The minimum absolute atomic E-state index is 0.535. The first-order valence-corrected chi connectivity index (χ1v) is 16.2. The monoisotopic (exact) mass is 599 g/mol. The molecule has 0 aliphatic heterocycles. The van der Waals surface area contributed by atoms with Crippen molar-refractivity contribution in [3.63, 3.8) is 0 Å². The van der Waals surface area contributed by atoms with E-state index < -0.39 is 45.3 Å². The molecule has 5 rings (SSSR count). The average molecular weight is 600 g/mol. The van der Waals surface area contributed by atoms with Gasteiger partial charge in [0.05, 0.1) is 22.2 Å². The summed E-state index contributed by atoms with van der Waals surface area (Å²) in [7, 11) is -6.42. The third kappa shape index (κ3) is 7.17. The van der Waals surface area contributed by atoms with Gasteiger partial charge < -0.3 is 10.2 Å². The predicted octanol–water partition coefficient (Wildman–Crippen LogP) is 5.51. The number of hydrogen-bond acceptors (Lipinski definition) is 4. The van der Waals surface area contributed by atoms with E-state index in [9.17, 15) is 18.0 Å². The van der Waals surface area contributed by atoms with Crippen molar-refractivity contribution in [2.24, 2.45) is 0 Å². The fourth-order valence-electron chi connectivity index (χ4n) is 4.62. The Balaban J connectivity index is 0.000000219. The van der Waals surface area contributed by atoms with Gasteiger partial charge in [0.1, 0.15) is 23.2 Å². The molecule has 0 aliphatic carbocycles. The van der Waals surface area contributed by atoms with Gasteiger partial charge in [-0.05, 0) is 60.2 Å². The quantitative estimate of drug-likeness (QED) is 0.158. The number of aromatic carboxylic acids is 2. The molecule has 212 valence electrons. The molecular weight excluding hydrogens is 571 g/mol. The summed E-state index contributed by atoms with van der Waals surface area (Å²) in [5.41, 5.74) is 0.317. The largest absolute Gasteiger partial charge is 0.478 e. The van der Waals surface area contributed by atoms with Gasteiger partial charge >= 0.3 is 11.9 Å². The molecule has 0 saturated heterocycles. The summed E-state index contributed by atoms with van der Waals surface area (Å²) < 4.78 is 30.2. The van der Waals surface area contributed by atoms with Crippen LogP contribution in [0.5, 0.6) is 0 Å². The van der Waals surface area contributed by atoms with Gasteiger partial charge in [-0.3, -0.25) is 4.55 Å². The molecule has 5 aromatic rings. The van der Waals surface area contributed by atoms with Crippen LogP contribution < -0.4 is 15.9 Å². The highest BCUT2D eigenvalue weighted by molar-refractivity contribution is 7.95. The van der Waals surface area contributed by atoms with E-state index in [1.807, 2.05) is 0 Å². The number of hydrogen-bond donors (Lipinski definition) is 3. The first kappa shape index (κ1) is 30.3. The van der Waals surface area contributed by atoms with Gasteiger partial charge in [0.15, 0.2) is 0 Å². The SMILES string of the molecule is O=C(O)c1cc(C(=O)O)cc(S(=O)(=O)O)c1.c1ccc(C[P+](c2ccccc2)(c2ccccc2)c2ccccc2)cc1. The lowest BCUT2D eigenvalue weighted by molar-refractivity contribution is 0.0696. The van der Waals surface area contributed by atoms with E-state index in [4.69, 9.17) is 14.8 Å². The van der Waals surface area contributed by atoms with Crippen LogP contribution in [0.4, 0.5) is 0 Å². The lowest BCUT2D eigenvalue weighted by atomic mass is 10.1. The molecule has 7 nitrogen and oxygen atoms in total. The van der Waals surface area contributed by atoms with E-state index in [2.05, 4.69) is 121 Å². The third-order valence-corrected chi connectivity index (χ3v) is 11.8. The predicted molar refractivity (Wildman–Crippen MR) is 165 cm³/mol. The van der Waals surface area contributed by atoms with Crippen LogP contribution in [-0.4, -0.2) is 35.1 Å². The normalized spacial score (nSPS) is 11.2. The summed E-state index contributed by atoms with van der Waals surface area (Å²) in [5.74, 6) is -2.99. The molecule has 42 heavy (non-hydrogen) atoms. The Labute approximate surface area is 244 Å². The number of benzene rings is 5. The van der Waals surface area contributed by atoms with E-state index in [-0.39, 0.29) is 0 Å². The van der Waals surface area contributed by atoms with Crippen molar-refractivity contribution in [2.75, 3.05) is 0 Å². The molecule has 0 heterocycles. The average Bonchev–Trinajstić information content (AvgIpc) is 3.01. The highest BCUT2D eigenvalue weighted by Gasteiger charge is 2.45. The first-order chi connectivity index (χ1) is 20.1. The standard InChI is InChI=1S/C25H22P.C8H6O7S/c1-5-13-22(14-6-1)21-26(23-15-7-2-8-16-23,24-17-9-3-10-18-24)25-19-11-4-12-20-25;9-7(10)4-1-5(8(11)12)3-6(2-4)16(13,14)15/h1-20H,21H2;1-3H,(H,9,10)(H,11,12)(H,13,14,15)/q+1;. The van der Waals surface area contributed by atoms with Gasteiger partial charge in [0.25, 0.3) is 10.1 Å². The van der Waals surface area contributed by atoms with Crippen LogP contribution in [-0.2, 0) is 16.3 Å². The van der Waals surface area contributed by atoms with Crippen molar-refractivity contribution in [1.29, 1.82) is 0 Å². The second-order valence-corrected chi connectivity index (χ2v) is 14.2. The second-order valence-electron chi connectivity index (χ2n) is 9.29. The molecule has 3 N–H and O–H groups in total. The molecule has 0 bridgehead atoms. The van der Waals surface area contributed by atoms with Crippen LogP contribution in [0.15, 0.2) is 144 Å². The van der Waals surface area contributed by atoms with Gasteiger partial charge in [-0.2, -0.15) is 8.42 Å². The zero-order chi connectivity index (χ0) is 30.2. The van der Waals surface area contributed by atoms with Crippen LogP contribution in [0.3, 0.4) is 0 Å². The van der Waals surface area contributed by atoms with Crippen LogP contribution >= 0.6 is 7.26 Å². The summed E-state index contributed by atoms with van der Waals surface area (Å²) >= 11 is 0. The minimum atomic E-state index is -4.64. The Kier molecular flexibility index (Phi) is 9.65. The van der Waals surface area contributed by atoms with Gasteiger partial charge in [0, 0.05) is 0 Å². The molecule has 0 radical (unpaired) electrons. The van der Waals surface area contributed by atoms with Crippen LogP contribution in [0.2, 0.25) is 0 Å². The molecular formula is C33H28O7PS+. The summed E-state index contributed by atoms with van der Waals surface area (Å²) in [5, 5.41) is 21.5. The first-order valence-electron chi connectivity index (χ1n) is 12.8.